The molecule has 20 heavy (non-hydrogen) atoms. The van der Waals surface area contributed by atoms with Gasteiger partial charge in [-0.05, 0) is 37.7 Å². The van der Waals surface area contributed by atoms with E-state index in [1.54, 1.807) is 29.2 Å². The second kappa shape index (κ2) is 8.37. The molecule has 0 saturated carbocycles. The van der Waals surface area contributed by atoms with Crippen molar-refractivity contribution in [3.8, 4) is 5.75 Å². The molecule has 0 aromatic heterocycles. The van der Waals surface area contributed by atoms with Gasteiger partial charge in [0.15, 0.2) is 0 Å². The number of amides is 1. The fourth-order valence-electron chi connectivity index (χ4n) is 1.65. The smallest absolute Gasteiger partial charge is 0.415 e. The van der Waals surface area contributed by atoms with E-state index in [9.17, 15) is 4.79 Å². The topological polar surface area (TPSA) is 61.8 Å². The Kier molecular flexibility index (Phi) is 6.79. The molecule has 0 aliphatic rings. The molecule has 0 fully saturated rings. The van der Waals surface area contributed by atoms with Crippen LogP contribution in [0.25, 0.3) is 0 Å². The van der Waals surface area contributed by atoms with Gasteiger partial charge in [0, 0.05) is 24.8 Å². The van der Waals surface area contributed by atoms with Crippen molar-refractivity contribution in [2.75, 3.05) is 18.4 Å². The van der Waals surface area contributed by atoms with Crippen molar-refractivity contribution >= 4 is 29.2 Å². The molecule has 1 amide bonds. The number of unbranched alkanes of at least 4 members (excludes halogenated alkanes) is 1. The minimum atomic E-state index is -0.371. The summed E-state index contributed by atoms with van der Waals surface area (Å²) in [5.41, 5.74) is 0.569. The molecule has 0 saturated heterocycles. The number of benzene rings is 1. The van der Waals surface area contributed by atoms with Crippen LogP contribution < -0.4 is 10.1 Å². The fraction of sp³-hybridized carbons (Fsp3) is 0.429. The summed E-state index contributed by atoms with van der Waals surface area (Å²) < 4.78 is 5.31. The minimum Gasteiger partial charge on any atom is -0.486 e. The summed E-state index contributed by atoms with van der Waals surface area (Å²) in [6, 6.07) is 6.71. The first kappa shape index (κ1) is 16.2. The highest BCUT2D eigenvalue weighted by Gasteiger charge is 2.13. The van der Waals surface area contributed by atoms with Gasteiger partial charge < -0.3 is 20.1 Å². The third-order valence-electron chi connectivity index (χ3n) is 2.71. The second-order valence-electron chi connectivity index (χ2n) is 4.26. The molecule has 110 valence electrons. The van der Waals surface area contributed by atoms with Crippen LogP contribution in [0.3, 0.4) is 0 Å². The van der Waals surface area contributed by atoms with Gasteiger partial charge in [-0.1, -0.05) is 19.4 Å². The predicted molar refractivity (Wildman–Crippen MR) is 83.5 cm³/mol. The first-order valence-electron chi connectivity index (χ1n) is 6.63. The first-order chi connectivity index (χ1) is 9.56. The van der Waals surface area contributed by atoms with Gasteiger partial charge in [0.1, 0.15) is 5.75 Å². The molecule has 1 aromatic carbocycles. The number of aliphatic hydroxyl groups is 1. The van der Waals surface area contributed by atoms with Crippen LogP contribution in [-0.4, -0.2) is 34.4 Å². The first-order valence-corrected chi connectivity index (χ1v) is 7.04. The van der Waals surface area contributed by atoms with Crippen molar-refractivity contribution in [2.45, 2.75) is 26.7 Å². The lowest BCUT2D eigenvalue weighted by Gasteiger charge is -2.20. The molecule has 0 aliphatic carbocycles. The Balaban J connectivity index is 2.66. The van der Waals surface area contributed by atoms with Gasteiger partial charge in [-0.2, -0.15) is 0 Å². The maximum atomic E-state index is 12.0. The van der Waals surface area contributed by atoms with Crippen molar-refractivity contribution in [1.82, 2.24) is 4.90 Å². The number of carbonyl (C=O) groups is 1. The van der Waals surface area contributed by atoms with Gasteiger partial charge in [0.05, 0.1) is 0 Å². The lowest BCUT2D eigenvalue weighted by atomic mass is 10.3. The van der Waals surface area contributed by atoms with Gasteiger partial charge >= 0.3 is 6.09 Å². The van der Waals surface area contributed by atoms with Gasteiger partial charge in [-0.3, -0.25) is 0 Å². The molecule has 1 aromatic rings. The summed E-state index contributed by atoms with van der Waals surface area (Å²) >= 11 is 4.55. The number of aliphatic hydroxyl groups excluding tert-OH is 1. The third kappa shape index (κ3) is 5.44. The highest BCUT2D eigenvalue weighted by Crippen LogP contribution is 2.18. The van der Waals surface area contributed by atoms with E-state index in [1.165, 1.54) is 0 Å². The van der Waals surface area contributed by atoms with E-state index in [1.807, 2.05) is 6.92 Å². The number of hydrogen-bond acceptors (Lipinski definition) is 3. The minimum absolute atomic E-state index is 0.327. The number of anilines is 1. The maximum absolute atomic E-state index is 12.0. The molecule has 5 nitrogen and oxygen atoms in total. The number of rotatable bonds is 6. The Morgan fingerprint density at radius 3 is 2.80 bits per heavy atom. The Morgan fingerprint density at radius 2 is 2.20 bits per heavy atom. The SMILES string of the molecule is CCCCN(CC)C(=O)Oc1cccc(NC(O)=S)c1. The zero-order valence-corrected chi connectivity index (χ0v) is 12.6. The van der Waals surface area contributed by atoms with Crippen molar-refractivity contribution in [1.29, 1.82) is 0 Å². The van der Waals surface area contributed by atoms with Crippen LogP contribution in [0, 0.1) is 0 Å². The molecule has 0 spiro atoms. The molecule has 0 unspecified atom stereocenters. The highest BCUT2D eigenvalue weighted by molar-refractivity contribution is 7.80. The number of thiocarbonyl (C=S) groups is 1. The molecular formula is C14H20N2O3S. The zero-order valence-electron chi connectivity index (χ0n) is 11.8. The molecule has 6 heteroatoms. The lowest BCUT2D eigenvalue weighted by Crippen LogP contribution is -2.34. The number of nitrogens with zero attached hydrogens (tertiary/aromatic N) is 1. The van der Waals surface area contributed by atoms with Crippen LogP contribution in [0.15, 0.2) is 24.3 Å². The average molecular weight is 296 g/mol. The van der Waals surface area contributed by atoms with E-state index in [4.69, 9.17) is 9.84 Å². The van der Waals surface area contributed by atoms with Crippen LogP contribution in [0.5, 0.6) is 5.75 Å². The van der Waals surface area contributed by atoms with E-state index in [2.05, 4.69) is 24.5 Å². The Morgan fingerprint density at radius 1 is 1.45 bits per heavy atom. The number of nitrogens with one attached hydrogen (secondary N) is 1. The van der Waals surface area contributed by atoms with Gasteiger partial charge in [0.2, 0.25) is 0 Å². The molecule has 0 radical (unpaired) electrons. The monoisotopic (exact) mass is 296 g/mol. The molecule has 2 N–H and O–H groups in total. The Hall–Kier alpha value is -1.82. The lowest BCUT2D eigenvalue weighted by molar-refractivity contribution is 0.154. The Labute approximate surface area is 124 Å². The molecule has 0 heterocycles. The van der Waals surface area contributed by atoms with Crippen molar-refractivity contribution in [2.24, 2.45) is 0 Å². The summed E-state index contributed by atoms with van der Waals surface area (Å²) in [4.78, 5) is 13.6. The maximum Gasteiger partial charge on any atom is 0.415 e. The number of ether oxygens (including phenoxy) is 1. The zero-order chi connectivity index (χ0) is 15.0. The highest BCUT2D eigenvalue weighted by atomic mass is 32.1. The van der Waals surface area contributed by atoms with E-state index in [0.717, 1.165) is 12.8 Å². The second-order valence-corrected chi connectivity index (χ2v) is 4.65. The predicted octanol–water partition coefficient (Wildman–Crippen LogP) is 3.56. The van der Waals surface area contributed by atoms with Gasteiger partial charge in [0.25, 0.3) is 5.17 Å². The third-order valence-corrected chi connectivity index (χ3v) is 2.81. The van der Waals surface area contributed by atoms with Crippen LogP contribution in [0.1, 0.15) is 26.7 Å². The van der Waals surface area contributed by atoms with Crippen LogP contribution >= 0.6 is 12.2 Å². The molecule has 0 aliphatic heterocycles. The van der Waals surface area contributed by atoms with Crippen molar-refractivity contribution in [3.63, 3.8) is 0 Å². The van der Waals surface area contributed by atoms with E-state index < -0.39 is 0 Å². The molecule has 0 bridgehead atoms. The normalized spacial score (nSPS) is 9.90. The largest absolute Gasteiger partial charge is 0.486 e. The van der Waals surface area contributed by atoms with Gasteiger partial charge in [-0.15, -0.1) is 0 Å². The Bertz CT molecular complexity index is 465. The van der Waals surface area contributed by atoms with Crippen LogP contribution in [-0.2, 0) is 0 Å². The van der Waals surface area contributed by atoms with Crippen LogP contribution in [0.2, 0.25) is 0 Å². The fourth-order valence-corrected chi connectivity index (χ4v) is 1.77. The summed E-state index contributed by atoms with van der Waals surface area (Å²) in [6.07, 6.45) is 1.60. The number of hydrogen-bond donors (Lipinski definition) is 2. The van der Waals surface area contributed by atoms with Gasteiger partial charge in [-0.25, -0.2) is 4.79 Å². The van der Waals surface area contributed by atoms with E-state index in [0.29, 0.717) is 24.5 Å². The standard InChI is InChI=1S/C14H20N2O3S/c1-3-5-9-16(4-2)14(18)19-12-8-6-7-11(10-12)15-13(17)20/h6-8,10H,3-5,9H2,1-2H3,(H2,15,17,20). The summed E-state index contributed by atoms with van der Waals surface area (Å²) in [5, 5.41) is 11.3. The van der Waals surface area contributed by atoms with Crippen molar-refractivity contribution < 1.29 is 14.6 Å². The summed E-state index contributed by atoms with van der Waals surface area (Å²) in [6.45, 7) is 5.28. The van der Waals surface area contributed by atoms with E-state index >= 15 is 0 Å². The van der Waals surface area contributed by atoms with Crippen LogP contribution in [0.4, 0.5) is 10.5 Å². The molecule has 1 rings (SSSR count). The molecular weight excluding hydrogens is 276 g/mol. The van der Waals surface area contributed by atoms with E-state index in [-0.39, 0.29) is 11.3 Å². The van der Waals surface area contributed by atoms with Crippen molar-refractivity contribution in [3.05, 3.63) is 24.3 Å². The average Bonchev–Trinajstić information content (AvgIpc) is 2.39. The molecule has 0 atom stereocenters. The summed E-state index contributed by atoms with van der Waals surface area (Å²) in [7, 11) is 0. The number of carbonyl (C=O) groups excluding carboxylic acids is 1. The quantitative estimate of drug-likeness (QED) is 0.786. The summed E-state index contributed by atoms with van der Waals surface area (Å²) in [5.74, 6) is 0.409.